The highest BCUT2D eigenvalue weighted by Crippen LogP contribution is 2.23. The molecule has 0 aromatic rings. The van der Waals surface area contributed by atoms with Gasteiger partial charge in [-0.1, -0.05) is 283 Å². The fourth-order valence-corrected chi connectivity index (χ4v) is 10.2. The molecule has 0 aromatic carbocycles. The van der Waals surface area contributed by atoms with E-state index in [1.165, 1.54) is 250 Å². The van der Waals surface area contributed by atoms with E-state index in [4.69, 9.17) is 9.47 Å². The molecular formula is C61H119NO8. The van der Waals surface area contributed by atoms with Gasteiger partial charge in [0.2, 0.25) is 5.91 Å². The van der Waals surface area contributed by atoms with E-state index < -0.39 is 49.5 Å². The van der Waals surface area contributed by atoms with Crippen LogP contribution in [0.2, 0.25) is 0 Å². The molecule has 9 heteroatoms. The van der Waals surface area contributed by atoms with Gasteiger partial charge in [-0.2, -0.15) is 0 Å². The topological polar surface area (TPSA) is 149 Å². The van der Waals surface area contributed by atoms with Gasteiger partial charge in [-0.25, -0.2) is 0 Å². The van der Waals surface area contributed by atoms with Crippen molar-refractivity contribution in [3.63, 3.8) is 0 Å². The third-order valence-corrected chi connectivity index (χ3v) is 15.1. The van der Waals surface area contributed by atoms with Crippen molar-refractivity contribution >= 4 is 5.91 Å². The summed E-state index contributed by atoms with van der Waals surface area (Å²) >= 11 is 0. The van der Waals surface area contributed by atoms with Gasteiger partial charge in [0.25, 0.3) is 0 Å². The number of hydrogen-bond donors (Lipinski definition) is 6. The Morgan fingerprint density at radius 3 is 1.16 bits per heavy atom. The molecule has 0 spiro atoms. The normalized spacial score (nSPS) is 19.3. The SMILES string of the molecule is CCCCCCCC/C=C\CCCCCCCCCCCC(=O)NC(COC1OC(CO)C(O)C(O)C1O)C(O)CCCCCCCCCCCCCCCCCCCCCCCCCCCCCC. The van der Waals surface area contributed by atoms with Crippen molar-refractivity contribution < 1.29 is 39.8 Å². The number of carbonyl (C=O) groups is 1. The molecule has 1 rings (SSSR count). The number of rotatable bonds is 54. The van der Waals surface area contributed by atoms with Gasteiger partial charge in [-0.3, -0.25) is 4.79 Å². The molecule has 0 aliphatic carbocycles. The molecular weight excluding hydrogens is 875 g/mol. The van der Waals surface area contributed by atoms with Crippen LogP contribution in [0.5, 0.6) is 0 Å². The minimum atomic E-state index is -1.55. The maximum absolute atomic E-state index is 13.1. The Labute approximate surface area is 433 Å². The average Bonchev–Trinajstić information content (AvgIpc) is 3.36. The zero-order valence-corrected chi connectivity index (χ0v) is 46.3. The quantitative estimate of drug-likeness (QED) is 0.0261. The molecule has 1 amide bonds. The highest BCUT2D eigenvalue weighted by Gasteiger charge is 2.44. The van der Waals surface area contributed by atoms with Crippen molar-refractivity contribution in [2.24, 2.45) is 0 Å². The summed E-state index contributed by atoms with van der Waals surface area (Å²) in [4.78, 5) is 13.1. The van der Waals surface area contributed by atoms with Gasteiger partial charge < -0.3 is 40.3 Å². The Balaban J connectivity index is 2.15. The van der Waals surface area contributed by atoms with E-state index in [-0.39, 0.29) is 12.5 Å². The Morgan fingerprint density at radius 2 is 0.800 bits per heavy atom. The summed E-state index contributed by atoms with van der Waals surface area (Å²) in [6, 6.07) is -0.718. The Bertz CT molecular complexity index is 1110. The molecule has 1 saturated heterocycles. The van der Waals surface area contributed by atoms with Crippen LogP contribution in [0.15, 0.2) is 12.2 Å². The lowest BCUT2D eigenvalue weighted by atomic mass is 9.99. The molecule has 0 aromatic heterocycles. The molecule has 0 radical (unpaired) electrons. The van der Waals surface area contributed by atoms with E-state index in [0.717, 1.165) is 38.5 Å². The van der Waals surface area contributed by atoms with Crippen LogP contribution in [0.4, 0.5) is 0 Å². The molecule has 70 heavy (non-hydrogen) atoms. The van der Waals surface area contributed by atoms with Gasteiger partial charge in [-0.15, -0.1) is 0 Å². The van der Waals surface area contributed by atoms with Gasteiger partial charge in [0.15, 0.2) is 6.29 Å². The summed E-state index contributed by atoms with van der Waals surface area (Å²) in [6.07, 6.45) is 56.8. The second-order valence-corrected chi connectivity index (χ2v) is 21.9. The summed E-state index contributed by atoms with van der Waals surface area (Å²) in [7, 11) is 0. The summed E-state index contributed by atoms with van der Waals surface area (Å²) in [5, 5.41) is 54.8. The van der Waals surface area contributed by atoms with Crippen LogP contribution in [0, 0.1) is 0 Å². The maximum atomic E-state index is 13.1. The van der Waals surface area contributed by atoms with E-state index in [9.17, 15) is 30.3 Å². The number of hydrogen-bond acceptors (Lipinski definition) is 8. The third kappa shape index (κ3) is 40.3. The number of carbonyl (C=O) groups excluding carboxylic acids is 1. The Kier molecular flexibility index (Phi) is 49.2. The first-order valence-electron chi connectivity index (χ1n) is 30.9. The lowest BCUT2D eigenvalue weighted by molar-refractivity contribution is -0.302. The highest BCUT2D eigenvalue weighted by molar-refractivity contribution is 5.76. The van der Waals surface area contributed by atoms with E-state index in [1.807, 2.05) is 0 Å². The van der Waals surface area contributed by atoms with Gasteiger partial charge in [0.05, 0.1) is 25.4 Å². The van der Waals surface area contributed by atoms with Crippen LogP contribution < -0.4 is 5.32 Å². The molecule has 1 fully saturated rings. The minimum Gasteiger partial charge on any atom is -0.394 e. The molecule has 7 unspecified atom stereocenters. The fraction of sp³-hybridized carbons (Fsp3) is 0.951. The maximum Gasteiger partial charge on any atom is 0.220 e. The average molecular weight is 995 g/mol. The van der Waals surface area contributed by atoms with Crippen molar-refractivity contribution in [2.75, 3.05) is 13.2 Å². The lowest BCUT2D eigenvalue weighted by Gasteiger charge is -2.40. The first-order chi connectivity index (χ1) is 34.3. The molecule has 0 bridgehead atoms. The predicted molar refractivity (Wildman–Crippen MR) is 295 cm³/mol. The molecule has 1 aliphatic heterocycles. The van der Waals surface area contributed by atoms with Crippen LogP contribution in [0.3, 0.4) is 0 Å². The number of nitrogens with one attached hydrogen (secondary N) is 1. The molecule has 0 saturated carbocycles. The zero-order chi connectivity index (χ0) is 50.8. The second kappa shape index (κ2) is 51.4. The van der Waals surface area contributed by atoms with Gasteiger partial charge >= 0.3 is 0 Å². The predicted octanol–water partition coefficient (Wildman–Crippen LogP) is 15.6. The molecule has 9 nitrogen and oxygen atoms in total. The van der Waals surface area contributed by atoms with E-state index >= 15 is 0 Å². The largest absolute Gasteiger partial charge is 0.394 e. The van der Waals surface area contributed by atoms with Crippen LogP contribution >= 0.6 is 0 Å². The number of amides is 1. The number of ether oxygens (including phenoxy) is 2. The van der Waals surface area contributed by atoms with Crippen LogP contribution in [-0.4, -0.2) is 87.5 Å². The van der Waals surface area contributed by atoms with Gasteiger partial charge in [0, 0.05) is 6.42 Å². The van der Waals surface area contributed by atoms with Gasteiger partial charge in [-0.05, 0) is 38.5 Å². The zero-order valence-electron chi connectivity index (χ0n) is 46.3. The number of aliphatic hydroxyl groups is 5. The molecule has 416 valence electrons. The van der Waals surface area contributed by atoms with E-state index in [1.54, 1.807) is 0 Å². The third-order valence-electron chi connectivity index (χ3n) is 15.1. The smallest absolute Gasteiger partial charge is 0.220 e. The van der Waals surface area contributed by atoms with Crippen molar-refractivity contribution in [3.05, 3.63) is 12.2 Å². The monoisotopic (exact) mass is 994 g/mol. The Hall–Kier alpha value is -1.07. The van der Waals surface area contributed by atoms with Crippen LogP contribution in [-0.2, 0) is 14.3 Å². The van der Waals surface area contributed by atoms with Crippen molar-refractivity contribution in [1.29, 1.82) is 0 Å². The van der Waals surface area contributed by atoms with E-state index in [2.05, 4.69) is 31.3 Å². The van der Waals surface area contributed by atoms with Crippen molar-refractivity contribution in [3.8, 4) is 0 Å². The fourth-order valence-electron chi connectivity index (χ4n) is 10.2. The molecule has 1 aliphatic rings. The Morgan fingerprint density at radius 1 is 0.471 bits per heavy atom. The van der Waals surface area contributed by atoms with Crippen molar-refractivity contribution in [2.45, 2.75) is 358 Å². The van der Waals surface area contributed by atoms with Crippen molar-refractivity contribution in [1.82, 2.24) is 5.32 Å². The minimum absolute atomic E-state index is 0.134. The highest BCUT2D eigenvalue weighted by atomic mass is 16.7. The first-order valence-corrected chi connectivity index (χ1v) is 30.9. The lowest BCUT2D eigenvalue weighted by Crippen LogP contribution is -2.60. The van der Waals surface area contributed by atoms with Crippen LogP contribution in [0.1, 0.15) is 316 Å². The number of allylic oxidation sites excluding steroid dienone is 2. The summed E-state index contributed by atoms with van der Waals surface area (Å²) in [6.45, 7) is 3.88. The first kappa shape index (κ1) is 66.9. The number of unbranched alkanes of at least 4 members (excludes halogenated alkanes) is 42. The molecule has 6 N–H and O–H groups in total. The van der Waals surface area contributed by atoms with E-state index in [0.29, 0.717) is 12.8 Å². The second-order valence-electron chi connectivity index (χ2n) is 21.9. The summed E-state index contributed by atoms with van der Waals surface area (Å²) in [5.41, 5.74) is 0. The standard InChI is InChI=1S/C61H119NO8/c1-3-5-7-9-11-13-15-17-19-21-23-24-25-26-27-28-29-30-31-33-34-36-38-40-42-44-46-48-50-55(64)54(53-69-61-60(68)59(67)58(66)56(52-63)70-61)62-57(65)51-49-47-45-43-41-39-37-35-32-22-20-18-16-14-12-10-8-6-4-2/h18,20,54-56,58-61,63-64,66-68H,3-17,19,21-53H2,1-2H3,(H,62,65)/b20-18-. The molecule has 7 atom stereocenters. The van der Waals surface area contributed by atoms with Gasteiger partial charge in [0.1, 0.15) is 24.4 Å². The summed E-state index contributed by atoms with van der Waals surface area (Å²) < 4.78 is 11.3. The van der Waals surface area contributed by atoms with Crippen LogP contribution in [0.25, 0.3) is 0 Å². The summed E-state index contributed by atoms with van der Waals surface area (Å²) in [5.74, 6) is -0.141. The number of aliphatic hydroxyl groups excluding tert-OH is 5. The molecule has 1 heterocycles.